The molecule has 0 unspecified atom stereocenters. The van der Waals surface area contributed by atoms with Gasteiger partial charge in [0.05, 0.1) is 0 Å². The van der Waals surface area contributed by atoms with Gasteiger partial charge in [-0.3, -0.25) is 0 Å². The topological polar surface area (TPSA) is 49.8 Å². The van der Waals surface area contributed by atoms with Crippen molar-refractivity contribution in [1.82, 2.24) is 9.97 Å². The molecule has 2 N–H and O–H groups in total. The lowest BCUT2D eigenvalue weighted by molar-refractivity contribution is 0.628. The van der Waals surface area contributed by atoms with Crippen molar-refractivity contribution in [3.63, 3.8) is 0 Å². The van der Waals surface area contributed by atoms with E-state index in [-0.39, 0.29) is 5.82 Å². The van der Waals surface area contributed by atoms with Gasteiger partial charge in [0.1, 0.15) is 11.6 Å². The normalized spacial score (nSPS) is 10.4. The molecule has 0 aliphatic rings. The van der Waals surface area contributed by atoms with E-state index in [1.165, 1.54) is 12.1 Å². The molecule has 116 valence electrons. The third-order valence-electron chi connectivity index (χ3n) is 3.20. The Morgan fingerprint density at radius 2 is 1.70 bits per heavy atom. The number of hydrogen-bond acceptors (Lipinski definition) is 4. The van der Waals surface area contributed by atoms with E-state index < -0.39 is 0 Å². The van der Waals surface area contributed by atoms with E-state index in [1.54, 1.807) is 24.4 Å². The van der Waals surface area contributed by atoms with Crippen molar-refractivity contribution in [2.45, 2.75) is 6.92 Å². The Hall–Kier alpha value is -2.47. The van der Waals surface area contributed by atoms with Crippen LogP contribution in [-0.2, 0) is 0 Å². The summed E-state index contributed by atoms with van der Waals surface area (Å²) in [5, 5.41) is 6.27. The zero-order chi connectivity index (χ0) is 16.2. The first-order valence-corrected chi connectivity index (χ1v) is 7.78. The maximum Gasteiger partial charge on any atom is 0.229 e. The average molecular weight is 373 g/mol. The fourth-order valence-electron chi connectivity index (χ4n) is 1.97. The van der Waals surface area contributed by atoms with Crippen LogP contribution in [0.2, 0.25) is 0 Å². The predicted octanol–water partition coefficient (Wildman–Crippen LogP) is 5.17. The Morgan fingerprint density at radius 1 is 0.957 bits per heavy atom. The lowest BCUT2D eigenvalue weighted by Gasteiger charge is -2.09. The maximum absolute atomic E-state index is 12.9. The van der Waals surface area contributed by atoms with Gasteiger partial charge in [-0.05, 0) is 55.0 Å². The van der Waals surface area contributed by atoms with Crippen molar-refractivity contribution in [1.29, 1.82) is 0 Å². The van der Waals surface area contributed by atoms with Crippen molar-refractivity contribution in [3.05, 3.63) is 70.6 Å². The minimum Gasteiger partial charge on any atom is -0.340 e. The highest BCUT2D eigenvalue weighted by Crippen LogP contribution is 2.23. The molecule has 3 rings (SSSR count). The second-order valence-corrected chi connectivity index (χ2v) is 5.84. The van der Waals surface area contributed by atoms with Gasteiger partial charge in [0.2, 0.25) is 5.95 Å². The molecule has 0 aliphatic heterocycles. The first kappa shape index (κ1) is 15.4. The molecule has 0 fully saturated rings. The number of rotatable bonds is 4. The number of aromatic nitrogens is 2. The molecular weight excluding hydrogens is 359 g/mol. The summed E-state index contributed by atoms with van der Waals surface area (Å²) < 4.78 is 13.9. The molecule has 0 amide bonds. The molecule has 0 saturated heterocycles. The van der Waals surface area contributed by atoms with E-state index in [9.17, 15) is 4.39 Å². The van der Waals surface area contributed by atoms with Crippen LogP contribution in [0.25, 0.3) is 0 Å². The van der Waals surface area contributed by atoms with Crippen LogP contribution in [0.1, 0.15) is 5.56 Å². The predicted molar refractivity (Wildman–Crippen MR) is 93.9 cm³/mol. The van der Waals surface area contributed by atoms with E-state index >= 15 is 0 Å². The Bertz CT molecular complexity index is 821. The zero-order valence-electron chi connectivity index (χ0n) is 12.3. The van der Waals surface area contributed by atoms with Gasteiger partial charge in [0, 0.05) is 22.0 Å². The summed E-state index contributed by atoms with van der Waals surface area (Å²) in [6.45, 7) is 2.03. The maximum atomic E-state index is 12.9. The summed E-state index contributed by atoms with van der Waals surface area (Å²) in [4.78, 5) is 8.60. The van der Waals surface area contributed by atoms with Crippen LogP contribution in [0.4, 0.5) is 27.5 Å². The Morgan fingerprint density at radius 3 is 2.43 bits per heavy atom. The molecule has 0 saturated carbocycles. The third kappa shape index (κ3) is 4.04. The molecule has 0 spiro atoms. The number of hydrogen-bond donors (Lipinski definition) is 2. The van der Waals surface area contributed by atoms with Crippen molar-refractivity contribution < 1.29 is 4.39 Å². The van der Waals surface area contributed by atoms with E-state index in [2.05, 4.69) is 36.5 Å². The Balaban J connectivity index is 1.76. The molecule has 2 aromatic carbocycles. The summed E-state index contributed by atoms with van der Waals surface area (Å²) in [5.41, 5.74) is 2.80. The molecule has 3 aromatic rings. The first-order chi connectivity index (χ1) is 11.1. The Kier molecular flexibility index (Phi) is 4.52. The van der Waals surface area contributed by atoms with Crippen LogP contribution >= 0.6 is 15.9 Å². The van der Waals surface area contributed by atoms with Crippen LogP contribution in [-0.4, -0.2) is 9.97 Å². The highest BCUT2D eigenvalue weighted by Gasteiger charge is 2.03. The third-order valence-corrected chi connectivity index (χ3v) is 4.05. The monoisotopic (exact) mass is 372 g/mol. The summed E-state index contributed by atoms with van der Waals surface area (Å²) in [6.07, 6.45) is 1.66. The van der Waals surface area contributed by atoms with Crippen molar-refractivity contribution >= 4 is 39.1 Å². The first-order valence-electron chi connectivity index (χ1n) is 6.99. The molecule has 1 aromatic heterocycles. The number of nitrogens with one attached hydrogen (secondary N) is 2. The second kappa shape index (κ2) is 6.75. The molecule has 1 heterocycles. The minimum absolute atomic E-state index is 0.273. The van der Waals surface area contributed by atoms with E-state index in [4.69, 9.17) is 0 Å². The van der Waals surface area contributed by atoms with Gasteiger partial charge in [-0.2, -0.15) is 4.98 Å². The van der Waals surface area contributed by atoms with Gasteiger partial charge in [-0.1, -0.05) is 22.0 Å². The number of anilines is 4. The standard InChI is InChI=1S/C17H14BrFN4/c1-11-2-5-14(10-15(11)18)22-17-20-9-8-16(23-17)21-13-6-3-12(19)4-7-13/h2-10H,1H3,(H2,20,21,22,23). The van der Waals surface area contributed by atoms with Crippen LogP contribution in [0.3, 0.4) is 0 Å². The van der Waals surface area contributed by atoms with Gasteiger partial charge in [-0.25, -0.2) is 9.37 Å². The summed E-state index contributed by atoms with van der Waals surface area (Å²) in [5.74, 6) is 0.832. The molecule has 23 heavy (non-hydrogen) atoms. The lowest BCUT2D eigenvalue weighted by atomic mass is 10.2. The highest BCUT2D eigenvalue weighted by molar-refractivity contribution is 9.10. The van der Waals surface area contributed by atoms with E-state index in [0.29, 0.717) is 11.8 Å². The van der Waals surface area contributed by atoms with Crippen LogP contribution in [0.5, 0.6) is 0 Å². The zero-order valence-corrected chi connectivity index (χ0v) is 13.9. The average Bonchev–Trinajstić information content (AvgIpc) is 2.54. The largest absolute Gasteiger partial charge is 0.340 e. The molecule has 0 bridgehead atoms. The van der Waals surface area contributed by atoms with Crippen LogP contribution < -0.4 is 10.6 Å². The SMILES string of the molecule is Cc1ccc(Nc2nccc(Nc3ccc(F)cc3)n2)cc1Br. The van der Waals surface area contributed by atoms with Crippen molar-refractivity contribution in [3.8, 4) is 0 Å². The fourth-order valence-corrected chi connectivity index (χ4v) is 2.35. The van der Waals surface area contributed by atoms with Gasteiger partial charge in [-0.15, -0.1) is 0 Å². The van der Waals surface area contributed by atoms with Gasteiger partial charge < -0.3 is 10.6 Å². The van der Waals surface area contributed by atoms with Gasteiger partial charge >= 0.3 is 0 Å². The smallest absolute Gasteiger partial charge is 0.229 e. The van der Waals surface area contributed by atoms with Crippen LogP contribution in [0, 0.1) is 12.7 Å². The summed E-state index contributed by atoms with van der Waals surface area (Å²) in [7, 11) is 0. The molecule has 6 heteroatoms. The van der Waals surface area contributed by atoms with Crippen LogP contribution in [0.15, 0.2) is 59.2 Å². The second-order valence-electron chi connectivity index (χ2n) is 4.99. The number of halogens is 2. The number of nitrogens with zero attached hydrogens (tertiary/aromatic N) is 2. The fraction of sp³-hybridized carbons (Fsp3) is 0.0588. The Labute approximate surface area is 141 Å². The summed E-state index contributed by atoms with van der Waals surface area (Å²) >= 11 is 3.50. The van der Waals surface area contributed by atoms with E-state index in [0.717, 1.165) is 21.4 Å². The number of benzene rings is 2. The van der Waals surface area contributed by atoms with Crippen molar-refractivity contribution in [2.75, 3.05) is 10.6 Å². The van der Waals surface area contributed by atoms with Crippen molar-refractivity contribution in [2.24, 2.45) is 0 Å². The highest BCUT2D eigenvalue weighted by atomic mass is 79.9. The summed E-state index contributed by atoms with van der Waals surface area (Å²) in [6, 6.07) is 13.8. The molecule has 0 atom stereocenters. The van der Waals surface area contributed by atoms with Gasteiger partial charge in [0.25, 0.3) is 0 Å². The molecular formula is C17H14BrFN4. The molecule has 0 aliphatic carbocycles. The van der Waals surface area contributed by atoms with E-state index in [1.807, 2.05) is 25.1 Å². The lowest BCUT2D eigenvalue weighted by Crippen LogP contribution is -2.00. The number of aryl methyl sites for hydroxylation is 1. The molecule has 0 radical (unpaired) electrons. The molecule has 4 nitrogen and oxygen atoms in total. The minimum atomic E-state index is -0.273. The van der Waals surface area contributed by atoms with Gasteiger partial charge in [0.15, 0.2) is 0 Å². The quantitative estimate of drug-likeness (QED) is 0.662.